The molecule has 15 heavy (non-hydrogen) atoms. The molecule has 2 aromatic rings. The molecule has 78 valence electrons. The van der Waals surface area contributed by atoms with Crippen molar-refractivity contribution in [2.75, 3.05) is 5.73 Å². The van der Waals surface area contributed by atoms with Crippen LogP contribution in [0, 0.1) is 6.92 Å². The molecule has 1 heterocycles. The zero-order valence-electron chi connectivity index (χ0n) is 8.04. The Kier molecular flexibility index (Phi) is 2.59. The van der Waals surface area contributed by atoms with Gasteiger partial charge in [0.25, 0.3) is 0 Å². The number of anilines is 1. The van der Waals surface area contributed by atoms with Crippen LogP contribution in [-0.2, 0) is 0 Å². The van der Waals surface area contributed by atoms with Crippen molar-refractivity contribution in [1.82, 2.24) is 9.55 Å². The van der Waals surface area contributed by atoms with Crippen molar-refractivity contribution in [3.63, 3.8) is 0 Å². The van der Waals surface area contributed by atoms with Gasteiger partial charge in [-0.05, 0) is 25.1 Å². The van der Waals surface area contributed by atoms with Gasteiger partial charge in [-0.1, -0.05) is 23.2 Å². The third-order valence-corrected chi connectivity index (χ3v) is 2.58. The van der Waals surface area contributed by atoms with Gasteiger partial charge in [0.15, 0.2) is 0 Å². The lowest BCUT2D eigenvalue weighted by atomic mass is 10.3. The number of nitrogens with two attached hydrogens (primary N) is 1. The number of nitrogens with zero attached hydrogens (tertiary/aromatic N) is 2. The lowest BCUT2D eigenvalue weighted by molar-refractivity contribution is 1.07. The van der Waals surface area contributed by atoms with E-state index in [4.69, 9.17) is 28.9 Å². The molecule has 0 aliphatic carbocycles. The molecule has 0 saturated heterocycles. The van der Waals surface area contributed by atoms with Gasteiger partial charge in [-0.15, -0.1) is 0 Å². The summed E-state index contributed by atoms with van der Waals surface area (Å²) in [4.78, 5) is 4.10. The van der Waals surface area contributed by atoms with Gasteiger partial charge in [0.2, 0.25) is 5.95 Å². The molecule has 1 aromatic carbocycles. The van der Waals surface area contributed by atoms with Gasteiger partial charge in [0.1, 0.15) is 0 Å². The second-order valence-corrected chi connectivity index (χ2v) is 4.05. The van der Waals surface area contributed by atoms with Gasteiger partial charge < -0.3 is 5.73 Å². The van der Waals surface area contributed by atoms with Gasteiger partial charge in [0, 0.05) is 11.2 Å². The van der Waals surface area contributed by atoms with Crippen molar-refractivity contribution in [1.29, 1.82) is 0 Å². The fraction of sp³-hybridized carbons (Fsp3) is 0.100. The van der Waals surface area contributed by atoms with E-state index < -0.39 is 0 Å². The topological polar surface area (TPSA) is 43.8 Å². The predicted octanol–water partition coefficient (Wildman–Crippen LogP) is 3.07. The Bertz CT molecular complexity index is 505. The highest BCUT2D eigenvalue weighted by Crippen LogP contribution is 2.26. The van der Waals surface area contributed by atoms with Crippen LogP contribution in [0.1, 0.15) is 5.69 Å². The molecule has 0 unspecified atom stereocenters. The molecule has 0 spiro atoms. The normalized spacial score (nSPS) is 10.6. The van der Waals surface area contributed by atoms with Gasteiger partial charge in [-0.2, -0.15) is 0 Å². The maximum absolute atomic E-state index is 6.05. The van der Waals surface area contributed by atoms with E-state index in [1.54, 1.807) is 22.8 Å². The van der Waals surface area contributed by atoms with E-state index in [9.17, 15) is 0 Å². The van der Waals surface area contributed by atoms with Crippen molar-refractivity contribution in [2.45, 2.75) is 6.92 Å². The Morgan fingerprint density at radius 2 is 2.07 bits per heavy atom. The van der Waals surface area contributed by atoms with Gasteiger partial charge in [-0.3, -0.25) is 4.57 Å². The number of hydrogen-bond acceptors (Lipinski definition) is 2. The first-order valence-electron chi connectivity index (χ1n) is 4.35. The first-order chi connectivity index (χ1) is 7.08. The standard InChI is InChI=1S/C10H9Cl2N3/c1-6-5-15(10(13)14-6)9-4-7(11)2-3-8(9)12/h2-5H,1H3,(H2,13,14). The molecule has 1 aromatic heterocycles. The maximum atomic E-state index is 6.05. The molecule has 5 heteroatoms. The van der Waals surface area contributed by atoms with E-state index in [0.29, 0.717) is 16.0 Å². The SMILES string of the molecule is Cc1cn(-c2cc(Cl)ccc2Cl)c(N)n1. The molecule has 2 N–H and O–H groups in total. The smallest absolute Gasteiger partial charge is 0.205 e. The Labute approximate surface area is 97.4 Å². The van der Waals surface area contributed by atoms with Crippen LogP contribution >= 0.6 is 23.2 Å². The second-order valence-electron chi connectivity index (χ2n) is 3.21. The van der Waals surface area contributed by atoms with E-state index in [1.807, 2.05) is 13.1 Å². The van der Waals surface area contributed by atoms with Gasteiger partial charge >= 0.3 is 0 Å². The van der Waals surface area contributed by atoms with Gasteiger partial charge in [-0.25, -0.2) is 4.98 Å². The van der Waals surface area contributed by atoms with Crippen LogP contribution in [0.2, 0.25) is 10.0 Å². The molecule has 0 amide bonds. The number of halogens is 2. The van der Waals surface area contributed by atoms with E-state index in [1.165, 1.54) is 0 Å². The Balaban J connectivity index is 2.62. The quantitative estimate of drug-likeness (QED) is 0.835. The van der Waals surface area contributed by atoms with Crippen molar-refractivity contribution < 1.29 is 0 Å². The van der Waals surface area contributed by atoms with E-state index in [0.717, 1.165) is 11.4 Å². The lowest BCUT2D eigenvalue weighted by Crippen LogP contribution is -2.00. The van der Waals surface area contributed by atoms with Crippen molar-refractivity contribution in [3.8, 4) is 5.69 Å². The molecule has 0 bridgehead atoms. The van der Waals surface area contributed by atoms with E-state index >= 15 is 0 Å². The Hall–Kier alpha value is -1.19. The Morgan fingerprint density at radius 1 is 1.33 bits per heavy atom. The largest absolute Gasteiger partial charge is 0.369 e. The number of rotatable bonds is 1. The summed E-state index contributed by atoms with van der Waals surface area (Å²) < 4.78 is 1.71. The second kappa shape index (κ2) is 3.76. The van der Waals surface area contributed by atoms with Crippen LogP contribution in [-0.4, -0.2) is 9.55 Å². The zero-order valence-corrected chi connectivity index (χ0v) is 9.55. The summed E-state index contributed by atoms with van der Waals surface area (Å²) in [6.07, 6.45) is 1.81. The first kappa shape index (κ1) is 10.3. The van der Waals surface area contributed by atoms with Crippen LogP contribution in [0.3, 0.4) is 0 Å². The number of aromatic nitrogens is 2. The monoisotopic (exact) mass is 241 g/mol. The molecular weight excluding hydrogens is 233 g/mol. The average molecular weight is 242 g/mol. The molecule has 0 radical (unpaired) electrons. The van der Waals surface area contributed by atoms with Crippen molar-refractivity contribution in [3.05, 3.63) is 40.1 Å². The van der Waals surface area contributed by atoms with Crippen LogP contribution in [0.4, 0.5) is 5.95 Å². The minimum Gasteiger partial charge on any atom is -0.369 e. The highest BCUT2D eigenvalue weighted by molar-refractivity contribution is 6.34. The minimum absolute atomic E-state index is 0.400. The maximum Gasteiger partial charge on any atom is 0.205 e. The third-order valence-electron chi connectivity index (χ3n) is 2.02. The predicted molar refractivity (Wildman–Crippen MR) is 62.7 cm³/mol. The summed E-state index contributed by atoms with van der Waals surface area (Å²) in [7, 11) is 0. The molecule has 2 rings (SSSR count). The number of hydrogen-bond donors (Lipinski definition) is 1. The number of benzene rings is 1. The van der Waals surface area contributed by atoms with Gasteiger partial charge in [0.05, 0.1) is 16.4 Å². The fourth-order valence-electron chi connectivity index (χ4n) is 1.38. The molecule has 0 atom stereocenters. The summed E-state index contributed by atoms with van der Waals surface area (Å²) in [5, 5.41) is 1.20. The molecule has 0 fully saturated rings. The summed E-state index contributed by atoms with van der Waals surface area (Å²) in [6.45, 7) is 1.87. The van der Waals surface area contributed by atoms with Crippen LogP contribution in [0.5, 0.6) is 0 Å². The highest BCUT2D eigenvalue weighted by Gasteiger charge is 2.08. The Morgan fingerprint density at radius 3 is 2.67 bits per heavy atom. The zero-order chi connectivity index (χ0) is 11.0. The van der Waals surface area contributed by atoms with Crippen LogP contribution in [0.15, 0.2) is 24.4 Å². The summed E-state index contributed by atoms with van der Waals surface area (Å²) >= 11 is 11.9. The number of nitrogen functional groups attached to an aromatic ring is 1. The van der Waals surface area contributed by atoms with E-state index in [2.05, 4.69) is 4.98 Å². The average Bonchev–Trinajstić information content (AvgIpc) is 2.50. The third kappa shape index (κ3) is 1.94. The summed E-state index contributed by atoms with van der Waals surface area (Å²) in [5.41, 5.74) is 7.32. The van der Waals surface area contributed by atoms with Crippen LogP contribution in [0.25, 0.3) is 5.69 Å². The molecule has 0 aliphatic heterocycles. The highest BCUT2D eigenvalue weighted by atomic mass is 35.5. The molecular formula is C10H9Cl2N3. The van der Waals surface area contributed by atoms with Crippen molar-refractivity contribution >= 4 is 29.2 Å². The molecule has 3 nitrogen and oxygen atoms in total. The van der Waals surface area contributed by atoms with E-state index in [-0.39, 0.29) is 0 Å². The fourth-order valence-corrected chi connectivity index (χ4v) is 1.75. The number of imidazole rings is 1. The lowest BCUT2D eigenvalue weighted by Gasteiger charge is -2.06. The minimum atomic E-state index is 0.400. The first-order valence-corrected chi connectivity index (χ1v) is 5.10. The molecule has 0 saturated carbocycles. The van der Waals surface area contributed by atoms with Crippen LogP contribution < -0.4 is 5.73 Å². The molecule has 0 aliphatic rings. The number of aryl methyl sites for hydroxylation is 1. The van der Waals surface area contributed by atoms with Crippen molar-refractivity contribution in [2.24, 2.45) is 0 Å². The summed E-state index contributed by atoms with van der Waals surface area (Å²) in [6, 6.07) is 5.21. The summed E-state index contributed by atoms with van der Waals surface area (Å²) in [5.74, 6) is 0.400.